The topological polar surface area (TPSA) is 67.9 Å². The molecular weight excluding hydrogens is 269 g/mol. The number of halogens is 3. The van der Waals surface area contributed by atoms with Crippen LogP contribution in [0.1, 0.15) is 6.42 Å². The smallest absolute Gasteiger partial charge is 0.405 e. The average Bonchev–Trinajstić information content (AvgIpc) is 2.35. The molecule has 0 bridgehead atoms. The molecule has 19 heavy (non-hydrogen) atoms. The fourth-order valence-corrected chi connectivity index (χ4v) is 1.58. The van der Waals surface area contributed by atoms with Gasteiger partial charge in [-0.2, -0.15) is 13.2 Å². The van der Waals surface area contributed by atoms with Gasteiger partial charge in [-0.1, -0.05) is 0 Å². The van der Waals surface area contributed by atoms with Gasteiger partial charge in [-0.25, -0.2) is 4.79 Å². The maximum atomic E-state index is 12.0. The summed E-state index contributed by atoms with van der Waals surface area (Å²) in [6.45, 7) is -0.980. The zero-order valence-corrected chi connectivity index (χ0v) is 10.3. The Morgan fingerprint density at radius 2 is 2.16 bits per heavy atom. The summed E-state index contributed by atoms with van der Waals surface area (Å²) >= 11 is 0. The molecule has 1 aliphatic heterocycles. The van der Waals surface area contributed by atoms with E-state index in [1.54, 1.807) is 5.32 Å². The lowest BCUT2D eigenvalue weighted by Gasteiger charge is -2.32. The Morgan fingerprint density at radius 3 is 2.74 bits per heavy atom. The Kier molecular flexibility index (Phi) is 5.40. The number of hydrogen-bond donors (Lipinski definition) is 1. The molecule has 1 fully saturated rings. The van der Waals surface area contributed by atoms with E-state index < -0.39 is 30.8 Å². The Bertz CT molecular complexity index is 335. The molecule has 0 spiro atoms. The van der Waals surface area contributed by atoms with Crippen LogP contribution in [0, 0.1) is 0 Å². The van der Waals surface area contributed by atoms with Crippen molar-refractivity contribution in [2.24, 2.45) is 0 Å². The molecule has 1 unspecified atom stereocenters. The fraction of sp³-hybridized carbons (Fsp3) is 0.800. The number of methoxy groups -OCH3 is 1. The van der Waals surface area contributed by atoms with Gasteiger partial charge >= 0.3 is 18.2 Å². The van der Waals surface area contributed by atoms with Gasteiger partial charge in [0.2, 0.25) is 0 Å². The van der Waals surface area contributed by atoms with Gasteiger partial charge in [0, 0.05) is 13.1 Å². The van der Waals surface area contributed by atoms with E-state index in [-0.39, 0.29) is 26.1 Å². The molecule has 0 aromatic rings. The molecule has 1 saturated heterocycles. The third-order valence-corrected chi connectivity index (χ3v) is 2.49. The van der Waals surface area contributed by atoms with Crippen LogP contribution in [0.3, 0.4) is 0 Å². The van der Waals surface area contributed by atoms with Crippen LogP contribution in [0.15, 0.2) is 0 Å². The Labute approximate surface area is 107 Å². The minimum absolute atomic E-state index is 0.0421. The van der Waals surface area contributed by atoms with E-state index in [0.29, 0.717) is 0 Å². The summed E-state index contributed by atoms with van der Waals surface area (Å²) in [5, 5.41) is 1.77. The van der Waals surface area contributed by atoms with Crippen LogP contribution in [0.25, 0.3) is 0 Å². The quantitative estimate of drug-likeness (QED) is 0.767. The molecule has 1 aliphatic rings. The highest BCUT2D eigenvalue weighted by molar-refractivity contribution is 5.74. The van der Waals surface area contributed by atoms with E-state index in [4.69, 9.17) is 4.74 Å². The molecular formula is C10H15F3N2O4. The van der Waals surface area contributed by atoms with E-state index in [0.717, 1.165) is 0 Å². The Hall–Kier alpha value is -1.51. The predicted molar refractivity (Wildman–Crippen MR) is 57.4 cm³/mol. The summed E-state index contributed by atoms with van der Waals surface area (Å²) in [5.41, 5.74) is 0. The number of nitrogens with zero attached hydrogens (tertiary/aromatic N) is 1. The number of carbonyl (C=O) groups excluding carboxylic acids is 2. The molecule has 0 aromatic carbocycles. The van der Waals surface area contributed by atoms with Gasteiger partial charge in [0.15, 0.2) is 0 Å². The van der Waals surface area contributed by atoms with Crippen LogP contribution in [-0.4, -0.2) is 62.5 Å². The average molecular weight is 284 g/mol. The van der Waals surface area contributed by atoms with Crippen molar-refractivity contribution in [1.82, 2.24) is 10.2 Å². The zero-order valence-electron chi connectivity index (χ0n) is 10.3. The molecule has 1 rings (SSSR count). The minimum atomic E-state index is -4.45. The molecule has 1 heterocycles. The van der Waals surface area contributed by atoms with E-state index in [1.807, 2.05) is 0 Å². The second-order valence-electron chi connectivity index (χ2n) is 3.99. The molecule has 0 aromatic heterocycles. The van der Waals surface area contributed by atoms with Crippen molar-refractivity contribution in [2.45, 2.75) is 18.7 Å². The standard InChI is InChI=1S/C10H15F3N2O4/c1-18-8(16)4-7-5-15(2-3-19-7)9(17)14-6-10(11,12)13/h7H,2-6H2,1H3,(H,14,17). The molecule has 9 heteroatoms. The van der Waals surface area contributed by atoms with Crippen LogP contribution in [0.5, 0.6) is 0 Å². The Morgan fingerprint density at radius 1 is 1.47 bits per heavy atom. The lowest BCUT2D eigenvalue weighted by Crippen LogP contribution is -2.51. The van der Waals surface area contributed by atoms with Crippen molar-refractivity contribution in [2.75, 3.05) is 33.4 Å². The summed E-state index contributed by atoms with van der Waals surface area (Å²) in [5.74, 6) is -0.498. The van der Waals surface area contributed by atoms with Crippen molar-refractivity contribution in [1.29, 1.82) is 0 Å². The maximum Gasteiger partial charge on any atom is 0.405 e. The van der Waals surface area contributed by atoms with Gasteiger partial charge in [0.05, 0.1) is 26.2 Å². The Balaban J connectivity index is 2.41. The van der Waals surface area contributed by atoms with Crippen molar-refractivity contribution in [3.8, 4) is 0 Å². The van der Waals surface area contributed by atoms with Gasteiger partial charge < -0.3 is 19.7 Å². The number of morpholine rings is 1. The molecule has 0 saturated carbocycles. The molecule has 0 radical (unpaired) electrons. The summed E-state index contributed by atoms with van der Waals surface area (Å²) in [7, 11) is 1.22. The highest BCUT2D eigenvalue weighted by atomic mass is 19.4. The highest BCUT2D eigenvalue weighted by Gasteiger charge is 2.31. The normalized spacial score (nSPS) is 20.0. The molecule has 1 atom stereocenters. The summed E-state index contributed by atoms with van der Waals surface area (Å²) in [6, 6.07) is -0.824. The molecule has 110 valence electrons. The number of nitrogens with one attached hydrogen (secondary N) is 1. The van der Waals surface area contributed by atoms with Crippen LogP contribution in [-0.2, 0) is 14.3 Å². The predicted octanol–water partition coefficient (Wildman–Crippen LogP) is 0.522. The monoisotopic (exact) mass is 284 g/mol. The van der Waals surface area contributed by atoms with Gasteiger partial charge in [-0.3, -0.25) is 4.79 Å². The van der Waals surface area contributed by atoms with Crippen LogP contribution in [0.2, 0.25) is 0 Å². The number of urea groups is 1. The van der Waals surface area contributed by atoms with Gasteiger partial charge in [-0.05, 0) is 0 Å². The first-order valence-corrected chi connectivity index (χ1v) is 5.60. The van der Waals surface area contributed by atoms with Gasteiger partial charge in [-0.15, -0.1) is 0 Å². The van der Waals surface area contributed by atoms with Crippen molar-refractivity contribution in [3.63, 3.8) is 0 Å². The highest BCUT2D eigenvalue weighted by Crippen LogP contribution is 2.13. The second kappa shape index (κ2) is 6.60. The first-order valence-electron chi connectivity index (χ1n) is 5.60. The third kappa shape index (κ3) is 5.77. The number of rotatable bonds is 3. The third-order valence-electron chi connectivity index (χ3n) is 2.49. The summed E-state index contributed by atoms with van der Waals surface area (Å²) in [4.78, 5) is 23.7. The van der Waals surface area contributed by atoms with Crippen LogP contribution in [0.4, 0.5) is 18.0 Å². The molecule has 0 aliphatic carbocycles. The number of alkyl halides is 3. The van der Waals surface area contributed by atoms with E-state index in [2.05, 4.69) is 4.74 Å². The first kappa shape index (κ1) is 15.5. The van der Waals surface area contributed by atoms with Crippen molar-refractivity contribution < 1.29 is 32.2 Å². The summed E-state index contributed by atoms with van der Waals surface area (Å²) < 4.78 is 45.6. The lowest BCUT2D eigenvalue weighted by atomic mass is 10.2. The van der Waals surface area contributed by atoms with Crippen LogP contribution < -0.4 is 5.32 Å². The van der Waals surface area contributed by atoms with Crippen molar-refractivity contribution in [3.05, 3.63) is 0 Å². The van der Waals surface area contributed by atoms with Gasteiger partial charge in [0.25, 0.3) is 0 Å². The van der Waals surface area contributed by atoms with Crippen LogP contribution >= 0.6 is 0 Å². The largest absolute Gasteiger partial charge is 0.469 e. The van der Waals surface area contributed by atoms with E-state index in [9.17, 15) is 22.8 Å². The number of amides is 2. The number of esters is 1. The zero-order chi connectivity index (χ0) is 14.5. The lowest BCUT2D eigenvalue weighted by molar-refractivity contribution is -0.145. The summed E-state index contributed by atoms with van der Waals surface area (Å²) in [6.07, 6.45) is -5.05. The minimum Gasteiger partial charge on any atom is -0.469 e. The number of ether oxygens (including phenoxy) is 2. The van der Waals surface area contributed by atoms with E-state index >= 15 is 0 Å². The second-order valence-corrected chi connectivity index (χ2v) is 3.99. The van der Waals surface area contributed by atoms with E-state index in [1.165, 1.54) is 12.0 Å². The molecule has 6 nitrogen and oxygen atoms in total. The number of carbonyl (C=O) groups is 2. The molecule has 2 amide bonds. The fourth-order valence-electron chi connectivity index (χ4n) is 1.58. The SMILES string of the molecule is COC(=O)CC1CN(C(=O)NCC(F)(F)F)CCO1. The molecule has 1 N–H and O–H groups in total. The number of hydrogen-bond acceptors (Lipinski definition) is 4. The maximum absolute atomic E-state index is 12.0. The first-order chi connectivity index (χ1) is 8.81. The van der Waals surface area contributed by atoms with Gasteiger partial charge in [0.1, 0.15) is 6.54 Å². The van der Waals surface area contributed by atoms with Crippen molar-refractivity contribution >= 4 is 12.0 Å².